The van der Waals surface area contributed by atoms with Crippen LogP contribution in [0.15, 0.2) is 48.6 Å². The fourth-order valence-corrected chi connectivity index (χ4v) is 4.20. The Kier molecular flexibility index (Phi) is 3.41. The monoisotopic (exact) mass is 320 g/mol. The number of allylic oxidation sites excluding steroid dienone is 2. The minimum atomic E-state index is -0.319. The van der Waals surface area contributed by atoms with Crippen LogP contribution in [0.5, 0.6) is 0 Å². The molecule has 122 valence electrons. The van der Waals surface area contributed by atoms with Gasteiger partial charge in [0.1, 0.15) is 0 Å². The van der Waals surface area contributed by atoms with Crippen LogP contribution in [0.25, 0.3) is 0 Å². The van der Waals surface area contributed by atoms with Crippen LogP contribution in [0.2, 0.25) is 0 Å². The van der Waals surface area contributed by atoms with Gasteiger partial charge in [-0.3, -0.25) is 10.1 Å². The number of rotatable bonds is 2. The molecule has 1 aliphatic heterocycles. The Hall–Kier alpha value is -2.62. The summed E-state index contributed by atoms with van der Waals surface area (Å²) >= 11 is 0. The number of hydrogen-bond donors (Lipinski definition) is 1. The van der Waals surface area contributed by atoms with Gasteiger partial charge in [0.25, 0.3) is 5.69 Å². The summed E-state index contributed by atoms with van der Waals surface area (Å²) in [6, 6.07) is 11.5. The molecule has 0 fully saturated rings. The molecule has 0 saturated carbocycles. The van der Waals surface area contributed by atoms with Crippen molar-refractivity contribution in [1.82, 2.24) is 0 Å². The van der Waals surface area contributed by atoms with Crippen molar-refractivity contribution in [2.24, 2.45) is 5.92 Å². The molecule has 0 aromatic heterocycles. The molecule has 1 heterocycles. The molecule has 0 radical (unpaired) electrons. The van der Waals surface area contributed by atoms with Crippen LogP contribution in [0, 0.1) is 29.9 Å². The summed E-state index contributed by atoms with van der Waals surface area (Å²) in [5.41, 5.74) is 6.26. The number of nitro benzene ring substituents is 1. The SMILES string of the molecule is Cc1ccc(C)c2c1NC(c1cccc([N+](=O)[O-])c1)C1CC=CC21. The number of benzene rings is 2. The van der Waals surface area contributed by atoms with Gasteiger partial charge in [0.15, 0.2) is 0 Å². The number of hydrogen-bond acceptors (Lipinski definition) is 3. The first-order valence-corrected chi connectivity index (χ1v) is 8.34. The predicted octanol–water partition coefficient (Wildman–Crippen LogP) is 5.04. The standard InChI is InChI=1S/C20H20N2O2/c1-12-9-10-13(2)19-18(12)16-7-4-8-17(16)20(21-19)14-5-3-6-15(11-14)22(23)24/h3-7,9-11,16-17,20-21H,8H2,1-2H3. The van der Waals surface area contributed by atoms with Gasteiger partial charge in [-0.15, -0.1) is 0 Å². The lowest BCUT2D eigenvalue weighted by Gasteiger charge is -2.39. The molecule has 1 aliphatic carbocycles. The smallest absolute Gasteiger partial charge is 0.269 e. The number of fused-ring (bicyclic) bond motifs is 3. The molecule has 0 saturated heterocycles. The van der Waals surface area contributed by atoms with E-state index in [2.05, 4.69) is 43.4 Å². The number of nitrogens with one attached hydrogen (secondary N) is 1. The van der Waals surface area contributed by atoms with Crippen molar-refractivity contribution in [3.05, 3.63) is 80.9 Å². The van der Waals surface area contributed by atoms with Gasteiger partial charge in [-0.05, 0) is 48.4 Å². The molecule has 2 aliphatic rings. The Bertz CT molecular complexity index is 857. The zero-order chi connectivity index (χ0) is 16.8. The third-order valence-electron chi connectivity index (χ3n) is 5.39. The largest absolute Gasteiger partial charge is 0.377 e. The fourth-order valence-electron chi connectivity index (χ4n) is 4.20. The van der Waals surface area contributed by atoms with Gasteiger partial charge in [0.05, 0.1) is 11.0 Å². The van der Waals surface area contributed by atoms with Crippen molar-refractivity contribution in [1.29, 1.82) is 0 Å². The van der Waals surface area contributed by atoms with E-state index in [9.17, 15) is 10.1 Å². The van der Waals surface area contributed by atoms with Crippen LogP contribution in [-0.4, -0.2) is 4.92 Å². The number of anilines is 1. The van der Waals surface area contributed by atoms with Crippen LogP contribution in [-0.2, 0) is 0 Å². The highest BCUT2D eigenvalue weighted by atomic mass is 16.6. The molecular weight excluding hydrogens is 300 g/mol. The third-order valence-corrected chi connectivity index (χ3v) is 5.39. The molecule has 1 N–H and O–H groups in total. The first-order valence-electron chi connectivity index (χ1n) is 8.34. The molecule has 4 rings (SSSR count). The van der Waals surface area contributed by atoms with Gasteiger partial charge < -0.3 is 5.32 Å². The van der Waals surface area contributed by atoms with Crippen molar-refractivity contribution < 1.29 is 4.92 Å². The van der Waals surface area contributed by atoms with E-state index in [0.29, 0.717) is 11.8 Å². The Labute approximate surface area is 141 Å². The van der Waals surface area contributed by atoms with Gasteiger partial charge in [0, 0.05) is 23.7 Å². The van der Waals surface area contributed by atoms with Crippen molar-refractivity contribution in [2.75, 3.05) is 5.32 Å². The van der Waals surface area contributed by atoms with Gasteiger partial charge in [-0.25, -0.2) is 0 Å². The fraction of sp³-hybridized carbons (Fsp3) is 0.300. The van der Waals surface area contributed by atoms with E-state index in [0.717, 1.165) is 12.0 Å². The van der Waals surface area contributed by atoms with Crippen LogP contribution in [0.3, 0.4) is 0 Å². The van der Waals surface area contributed by atoms with Gasteiger partial charge >= 0.3 is 0 Å². The summed E-state index contributed by atoms with van der Waals surface area (Å²) in [4.78, 5) is 10.8. The summed E-state index contributed by atoms with van der Waals surface area (Å²) in [6.07, 6.45) is 5.55. The lowest BCUT2D eigenvalue weighted by molar-refractivity contribution is -0.384. The Morgan fingerprint density at radius 1 is 1.17 bits per heavy atom. The second-order valence-electron chi connectivity index (χ2n) is 6.82. The second-order valence-corrected chi connectivity index (χ2v) is 6.82. The van der Waals surface area contributed by atoms with E-state index >= 15 is 0 Å². The minimum absolute atomic E-state index is 0.0953. The summed E-state index contributed by atoms with van der Waals surface area (Å²) in [5, 5.41) is 14.8. The average molecular weight is 320 g/mol. The van der Waals surface area contributed by atoms with E-state index in [1.54, 1.807) is 18.2 Å². The van der Waals surface area contributed by atoms with E-state index in [4.69, 9.17) is 0 Å². The molecule has 0 bridgehead atoms. The topological polar surface area (TPSA) is 55.2 Å². The van der Waals surface area contributed by atoms with E-state index in [-0.39, 0.29) is 16.7 Å². The molecule has 0 amide bonds. The van der Waals surface area contributed by atoms with Gasteiger partial charge in [-0.2, -0.15) is 0 Å². The van der Waals surface area contributed by atoms with Crippen LogP contribution in [0.1, 0.15) is 40.6 Å². The molecule has 4 nitrogen and oxygen atoms in total. The predicted molar refractivity (Wildman–Crippen MR) is 95.4 cm³/mol. The molecule has 3 atom stereocenters. The third kappa shape index (κ3) is 2.21. The van der Waals surface area contributed by atoms with Crippen molar-refractivity contribution >= 4 is 11.4 Å². The molecular formula is C20H20N2O2. The molecule has 2 aromatic rings. The average Bonchev–Trinajstić information content (AvgIpc) is 3.06. The highest BCUT2D eigenvalue weighted by Crippen LogP contribution is 2.51. The first kappa shape index (κ1) is 14.9. The maximum Gasteiger partial charge on any atom is 0.269 e. The molecule has 0 spiro atoms. The highest BCUT2D eigenvalue weighted by molar-refractivity contribution is 5.66. The van der Waals surface area contributed by atoms with Gasteiger partial charge in [0.2, 0.25) is 0 Å². The lowest BCUT2D eigenvalue weighted by Crippen LogP contribution is -2.30. The number of aryl methyl sites for hydroxylation is 2. The van der Waals surface area contributed by atoms with Crippen LogP contribution in [0.4, 0.5) is 11.4 Å². The van der Waals surface area contributed by atoms with Gasteiger partial charge in [-0.1, -0.05) is 36.4 Å². The van der Waals surface area contributed by atoms with E-state index in [1.807, 2.05) is 6.07 Å². The maximum atomic E-state index is 11.1. The molecule has 3 unspecified atom stereocenters. The Balaban J connectivity index is 1.83. The lowest BCUT2D eigenvalue weighted by atomic mass is 9.75. The normalized spacial score (nSPS) is 24.2. The number of nitrogens with zero attached hydrogens (tertiary/aromatic N) is 1. The van der Waals surface area contributed by atoms with E-state index in [1.165, 1.54) is 22.4 Å². The minimum Gasteiger partial charge on any atom is -0.377 e. The van der Waals surface area contributed by atoms with Crippen molar-refractivity contribution in [2.45, 2.75) is 32.2 Å². The summed E-state index contributed by atoms with van der Waals surface area (Å²) < 4.78 is 0. The van der Waals surface area contributed by atoms with Crippen molar-refractivity contribution in [3.63, 3.8) is 0 Å². The zero-order valence-electron chi connectivity index (χ0n) is 13.8. The molecule has 2 aromatic carbocycles. The second kappa shape index (κ2) is 5.48. The molecule has 24 heavy (non-hydrogen) atoms. The van der Waals surface area contributed by atoms with Crippen LogP contribution >= 0.6 is 0 Å². The first-order chi connectivity index (χ1) is 11.6. The Morgan fingerprint density at radius 3 is 2.75 bits per heavy atom. The Morgan fingerprint density at radius 2 is 1.96 bits per heavy atom. The number of nitro groups is 1. The summed E-state index contributed by atoms with van der Waals surface area (Å²) in [7, 11) is 0. The van der Waals surface area contributed by atoms with E-state index < -0.39 is 0 Å². The van der Waals surface area contributed by atoms with Crippen molar-refractivity contribution in [3.8, 4) is 0 Å². The summed E-state index contributed by atoms with van der Waals surface area (Å²) in [5.74, 6) is 0.783. The number of non-ortho nitro benzene ring substituents is 1. The highest BCUT2D eigenvalue weighted by Gasteiger charge is 2.39. The van der Waals surface area contributed by atoms with Crippen LogP contribution < -0.4 is 5.32 Å². The maximum absolute atomic E-state index is 11.1. The molecule has 4 heteroatoms. The quantitative estimate of drug-likeness (QED) is 0.479. The zero-order valence-corrected chi connectivity index (χ0v) is 13.8. The summed E-state index contributed by atoms with van der Waals surface area (Å²) in [6.45, 7) is 4.28.